The zero-order chi connectivity index (χ0) is 7.72. The van der Waals surface area contributed by atoms with Crippen molar-refractivity contribution in [1.29, 1.82) is 0 Å². The second kappa shape index (κ2) is 2.89. The SMILES string of the molecule is CC1C[C@@H](C)N(C)CC1O. The number of piperidine rings is 1. The van der Waals surface area contributed by atoms with Crippen molar-refractivity contribution in [3.05, 3.63) is 0 Å². The van der Waals surface area contributed by atoms with E-state index in [4.69, 9.17) is 0 Å². The number of hydrogen-bond donors (Lipinski definition) is 1. The van der Waals surface area contributed by atoms with E-state index in [2.05, 4.69) is 25.8 Å². The summed E-state index contributed by atoms with van der Waals surface area (Å²) in [4.78, 5) is 2.21. The van der Waals surface area contributed by atoms with Crippen LogP contribution in [0.5, 0.6) is 0 Å². The lowest BCUT2D eigenvalue weighted by atomic mass is 9.91. The van der Waals surface area contributed by atoms with Crippen molar-refractivity contribution in [1.82, 2.24) is 4.90 Å². The van der Waals surface area contributed by atoms with E-state index in [1.807, 2.05) is 0 Å². The Balaban J connectivity index is 2.46. The summed E-state index contributed by atoms with van der Waals surface area (Å²) in [6.07, 6.45) is 1.01. The third-order valence-electron chi connectivity index (χ3n) is 2.60. The van der Waals surface area contributed by atoms with Gasteiger partial charge in [-0.3, -0.25) is 0 Å². The van der Waals surface area contributed by atoms with Crippen molar-refractivity contribution in [3.63, 3.8) is 0 Å². The molecule has 0 spiro atoms. The van der Waals surface area contributed by atoms with E-state index >= 15 is 0 Å². The van der Waals surface area contributed by atoms with E-state index in [0.717, 1.165) is 13.0 Å². The Morgan fingerprint density at radius 3 is 2.50 bits per heavy atom. The highest BCUT2D eigenvalue weighted by Crippen LogP contribution is 2.20. The molecule has 0 bridgehead atoms. The number of β-amino-alcohol motifs (C(OH)–C–C–N with tert-alkyl or cyclic N) is 1. The highest BCUT2D eigenvalue weighted by Gasteiger charge is 2.26. The third-order valence-corrected chi connectivity index (χ3v) is 2.60. The van der Waals surface area contributed by atoms with Crippen LogP contribution in [0.3, 0.4) is 0 Å². The molecular formula is C8H17NO. The summed E-state index contributed by atoms with van der Waals surface area (Å²) in [5.41, 5.74) is 0. The molecule has 0 aromatic carbocycles. The smallest absolute Gasteiger partial charge is 0.0693 e. The van der Waals surface area contributed by atoms with Gasteiger partial charge in [0.25, 0.3) is 0 Å². The van der Waals surface area contributed by atoms with Gasteiger partial charge in [0, 0.05) is 12.6 Å². The number of nitrogens with zero attached hydrogens (tertiary/aromatic N) is 1. The lowest BCUT2D eigenvalue weighted by Crippen LogP contribution is -2.45. The molecule has 0 aromatic heterocycles. The third kappa shape index (κ3) is 1.50. The molecule has 1 saturated heterocycles. The Kier molecular flexibility index (Phi) is 2.32. The van der Waals surface area contributed by atoms with Crippen LogP contribution in [0.2, 0.25) is 0 Å². The van der Waals surface area contributed by atoms with Crippen LogP contribution in [0.15, 0.2) is 0 Å². The monoisotopic (exact) mass is 143 g/mol. The number of aliphatic hydroxyl groups excluding tert-OH is 1. The number of hydrogen-bond acceptors (Lipinski definition) is 2. The van der Waals surface area contributed by atoms with Gasteiger partial charge in [0.05, 0.1) is 6.10 Å². The molecule has 1 aliphatic heterocycles. The van der Waals surface area contributed by atoms with Crippen molar-refractivity contribution in [3.8, 4) is 0 Å². The fraction of sp³-hybridized carbons (Fsp3) is 1.00. The van der Waals surface area contributed by atoms with Crippen LogP contribution in [-0.4, -0.2) is 35.7 Å². The summed E-state index contributed by atoms with van der Waals surface area (Å²) < 4.78 is 0. The maximum absolute atomic E-state index is 9.42. The molecule has 1 fully saturated rings. The molecule has 0 radical (unpaired) electrons. The first-order valence-corrected chi connectivity index (χ1v) is 3.99. The van der Waals surface area contributed by atoms with Crippen molar-refractivity contribution in [2.45, 2.75) is 32.4 Å². The Morgan fingerprint density at radius 2 is 2.00 bits per heavy atom. The first-order chi connectivity index (χ1) is 4.61. The van der Waals surface area contributed by atoms with Gasteiger partial charge in [0.1, 0.15) is 0 Å². The zero-order valence-electron chi connectivity index (χ0n) is 7.04. The predicted octanol–water partition coefficient (Wildman–Crippen LogP) is 0.707. The van der Waals surface area contributed by atoms with Crippen LogP contribution < -0.4 is 0 Å². The minimum Gasteiger partial charge on any atom is -0.392 e. The summed E-state index contributed by atoms with van der Waals surface area (Å²) in [6, 6.07) is 0.637. The summed E-state index contributed by atoms with van der Waals surface area (Å²) in [7, 11) is 2.07. The molecule has 1 heterocycles. The first-order valence-electron chi connectivity index (χ1n) is 3.99. The normalized spacial score (nSPS) is 43.8. The molecular weight excluding hydrogens is 126 g/mol. The molecule has 3 atom stereocenters. The summed E-state index contributed by atoms with van der Waals surface area (Å²) in [5.74, 6) is 0.478. The highest BCUT2D eigenvalue weighted by atomic mass is 16.3. The second-order valence-electron chi connectivity index (χ2n) is 3.57. The van der Waals surface area contributed by atoms with Gasteiger partial charge < -0.3 is 10.0 Å². The highest BCUT2D eigenvalue weighted by molar-refractivity contribution is 4.80. The Bertz CT molecular complexity index is 89.8. The van der Waals surface area contributed by atoms with Crippen LogP contribution in [-0.2, 0) is 0 Å². The van der Waals surface area contributed by atoms with Gasteiger partial charge >= 0.3 is 0 Å². The standard InChI is InChI=1S/C8H17NO/c1-6-4-7(2)9(3)5-8(6)10/h6-8,10H,4-5H2,1-3H3/t6?,7-,8?/m1/s1. The summed E-state index contributed by atoms with van der Waals surface area (Å²) >= 11 is 0. The molecule has 1 rings (SSSR count). The first kappa shape index (κ1) is 8.02. The Labute approximate surface area is 62.8 Å². The van der Waals surface area contributed by atoms with Gasteiger partial charge in [-0.05, 0) is 26.3 Å². The van der Waals surface area contributed by atoms with Crippen molar-refractivity contribution >= 4 is 0 Å². The Morgan fingerprint density at radius 1 is 1.40 bits per heavy atom. The largest absolute Gasteiger partial charge is 0.392 e. The molecule has 2 unspecified atom stereocenters. The van der Waals surface area contributed by atoms with Crippen LogP contribution >= 0.6 is 0 Å². The van der Waals surface area contributed by atoms with Gasteiger partial charge in [-0.2, -0.15) is 0 Å². The fourth-order valence-corrected chi connectivity index (χ4v) is 1.53. The van der Waals surface area contributed by atoms with E-state index in [1.165, 1.54) is 0 Å². The van der Waals surface area contributed by atoms with Gasteiger partial charge in [-0.25, -0.2) is 0 Å². The van der Waals surface area contributed by atoms with E-state index in [1.54, 1.807) is 0 Å². The molecule has 0 aromatic rings. The number of aliphatic hydroxyl groups is 1. The fourth-order valence-electron chi connectivity index (χ4n) is 1.53. The lowest BCUT2D eigenvalue weighted by molar-refractivity contribution is 0.0150. The van der Waals surface area contributed by atoms with Crippen molar-refractivity contribution < 1.29 is 5.11 Å². The second-order valence-corrected chi connectivity index (χ2v) is 3.57. The average molecular weight is 143 g/mol. The molecule has 0 saturated carbocycles. The van der Waals surface area contributed by atoms with Crippen LogP contribution in [0.1, 0.15) is 20.3 Å². The lowest BCUT2D eigenvalue weighted by Gasteiger charge is -2.36. The minimum atomic E-state index is -0.110. The molecule has 0 amide bonds. The van der Waals surface area contributed by atoms with Crippen LogP contribution in [0.4, 0.5) is 0 Å². The zero-order valence-corrected chi connectivity index (χ0v) is 7.04. The van der Waals surface area contributed by atoms with Crippen molar-refractivity contribution in [2.24, 2.45) is 5.92 Å². The molecule has 10 heavy (non-hydrogen) atoms. The van der Waals surface area contributed by atoms with Crippen molar-refractivity contribution in [2.75, 3.05) is 13.6 Å². The van der Waals surface area contributed by atoms with Crippen LogP contribution in [0.25, 0.3) is 0 Å². The van der Waals surface area contributed by atoms with Gasteiger partial charge in [-0.15, -0.1) is 0 Å². The number of rotatable bonds is 0. The number of likely N-dealkylation sites (tertiary alicyclic amines) is 1. The van der Waals surface area contributed by atoms with Crippen LogP contribution in [0, 0.1) is 5.92 Å². The molecule has 1 N–H and O–H groups in total. The average Bonchev–Trinajstić information content (AvgIpc) is 1.84. The van der Waals surface area contributed by atoms with Gasteiger partial charge in [0.15, 0.2) is 0 Å². The van der Waals surface area contributed by atoms with E-state index in [-0.39, 0.29) is 6.10 Å². The quantitative estimate of drug-likeness (QED) is 0.540. The molecule has 2 nitrogen and oxygen atoms in total. The minimum absolute atomic E-state index is 0.110. The van der Waals surface area contributed by atoms with E-state index < -0.39 is 0 Å². The number of likely N-dealkylation sites (N-methyl/N-ethyl adjacent to an activating group) is 1. The summed E-state index contributed by atoms with van der Waals surface area (Å²) in [6.45, 7) is 5.17. The van der Waals surface area contributed by atoms with Gasteiger partial charge in [0.2, 0.25) is 0 Å². The van der Waals surface area contributed by atoms with Gasteiger partial charge in [-0.1, -0.05) is 6.92 Å². The predicted molar refractivity (Wildman–Crippen MR) is 41.9 cm³/mol. The molecule has 60 valence electrons. The topological polar surface area (TPSA) is 23.5 Å². The molecule has 1 aliphatic rings. The molecule has 0 aliphatic carbocycles. The maximum Gasteiger partial charge on any atom is 0.0693 e. The van der Waals surface area contributed by atoms with E-state index in [9.17, 15) is 5.11 Å². The summed E-state index contributed by atoms with van der Waals surface area (Å²) in [5, 5.41) is 9.42. The van der Waals surface area contributed by atoms with E-state index in [0.29, 0.717) is 12.0 Å². The Hall–Kier alpha value is -0.0800. The molecule has 2 heteroatoms. The maximum atomic E-state index is 9.42.